The van der Waals surface area contributed by atoms with Crippen molar-refractivity contribution in [1.82, 2.24) is 9.47 Å². The first-order valence-electron chi connectivity index (χ1n) is 11.1. The fourth-order valence-corrected chi connectivity index (χ4v) is 4.86. The van der Waals surface area contributed by atoms with Crippen molar-refractivity contribution in [3.05, 3.63) is 94.4 Å². The standard InChI is InChI=1S/C26H25N3O4/c30-23-12-11-22(27-26(32)19-7-3-1-4-8-19)25-20-13-18(15-29(23)25)14-28(16-20)24(31)17-33-21-9-5-2-6-10-21/h1-12,18,20H,13-17H2,(H,27,32)/t18-,20+/m0/s1. The lowest BCUT2D eigenvalue weighted by atomic mass is 9.82. The molecular weight excluding hydrogens is 418 g/mol. The Hall–Kier alpha value is -3.87. The maximum atomic E-state index is 12.9. The van der Waals surface area contributed by atoms with Gasteiger partial charge in [0.25, 0.3) is 17.4 Å². The summed E-state index contributed by atoms with van der Waals surface area (Å²) in [5.74, 6) is 0.521. The molecule has 0 spiro atoms. The normalized spacial score (nSPS) is 18.8. The van der Waals surface area contributed by atoms with Crippen LogP contribution in [0.2, 0.25) is 0 Å². The van der Waals surface area contributed by atoms with E-state index in [9.17, 15) is 14.4 Å². The van der Waals surface area contributed by atoms with Gasteiger partial charge < -0.3 is 19.5 Å². The molecule has 2 atom stereocenters. The topological polar surface area (TPSA) is 80.6 Å². The summed E-state index contributed by atoms with van der Waals surface area (Å²) in [4.78, 5) is 40.1. The third-order valence-electron chi connectivity index (χ3n) is 6.33. The fraction of sp³-hybridized carbons (Fsp3) is 0.269. The zero-order valence-electron chi connectivity index (χ0n) is 18.1. The third kappa shape index (κ3) is 4.39. The average molecular weight is 444 g/mol. The predicted octanol–water partition coefficient (Wildman–Crippen LogP) is 3.13. The van der Waals surface area contributed by atoms with E-state index in [2.05, 4.69) is 5.32 Å². The highest BCUT2D eigenvalue weighted by atomic mass is 16.5. The average Bonchev–Trinajstić information content (AvgIpc) is 2.85. The van der Waals surface area contributed by atoms with Crippen LogP contribution in [0, 0.1) is 5.92 Å². The fourth-order valence-electron chi connectivity index (χ4n) is 4.86. The number of benzene rings is 2. The van der Waals surface area contributed by atoms with Crippen LogP contribution >= 0.6 is 0 Å². The number of para-hydroxylation sites is 1. The second-order valence-electron chi connectivity index (χ2n) is 8.60. The molecule has 1 fully saturated rings. The highest BCUT2D eigenvalue weighted by Crippen LogP contribution is 2.38. The summed E-state index contributed by atoms with van der Waals surface area (Å²) in [5.41, 5.74) is 1.89. The van der Waals surface area contributed by atoms with E-state index in [1.54, 1.807) is 22.8 Å². The Morgan fingerprint density at radius 1 is 0.909 bits per heavy atom. The summed E-state index contributed by atoms with van der Waals surface area (Å²) >= 11 is 0. The van der Waals surface area contributed by atoms with Gasteiger partial charge in [-0.1, -0.05) is 36.4 Å². The van der Waals surface area contributed by atoms with Crippen molar-refractivity contribution < 1.29 is 14.3 Å². The van der Waals surface area contributed by atoms with Gasteiger partial charge in [-0.3, -0.25) is 14.4 Å². The predicted molar refractivity (Wildman–Crippen MR) is 124 cm³/mol. The zero-order chi connectivity index (χ0) is 22.8. The molecule has 5 rings (SSSR count). The van der Waals surface area contributed by atoms with Crippen LogP contribution in [0.5, 0.6) is 5.75 Å². The summed E-state index contributed by atoms with van der Waals surface area (Å²) in [6.07, 6.45) is 0.876. The van der Waals surface area contributed by atoms with E-state index in [4.69, 9.17) is 4.74 Å². The molecule has 2 bridgehead atoms. The maximum Gasteiger partial charge on any atom is 0.260 e. The molecule has 1 saturated heterocycles. The monoisotopic (exact) mass is 443 g/mol. The number of nitrogens with zero attached hydrogens (tertiary/aromatic N) is 2. The number of piperidine rings is 1. The molecule has 2 amide bonds. The Kier molecular flexibility index (Phi) is 5.69. The molecule has 1 N–H and O–H groups in total. The molecule has 0 unspecified atom stereocenters. The van der Waals surface area contributed by atoms with Crippen LogP contribution in [0.15, 0.2) is 77.6 Å². The highest BCUT2D eigenvalue weighted by Gasteiger charge is 2.38. The number of anilines is 1. The minimum atomic E-state index is -0.223. The molecular formula is C26H25N3O4. The van der Waals surface area contributed by atoms with E-state index < -0.39 is 0 Å². The van der Waals surface area contributed by atoms with Gasteiger partial charge in [0.1, 0.15) is 5.75 Å². The molecule has 1 aromatic heterocycles. The second-order valence-corrected chi connectivity index (χ2v) is 8.60. The third-order valence-corrected chi connectivity index (χ3v) is 6.33. The van der Waals surface area contributed by atoms with Crippen LogP contribution in [0.1, 0.15) is 28.4 Å². The number of carbonyl (C=O) groups is 2. The van der Waals surface area contributed by atoms with E-state index in [0.717, 1.165) is 12.1 Å². The van der Waals surface area contributed by atoms with Gasteiger partial charge in [0, 0.05) is 42.9 Å². The zero-order valence-corrected chi connectivity index (χ0v) is 18.1. The van der Waals surface area contributed by atoms with Crippen molar-refractivity contribution in [2.45, 2.75) is 18.9 Å². The summed E-state index contributed by atoms with van der Waals surface area (Å²) in [5, 5.41) is 2.98. The van der Waals surface area contributed by atoms with Crippen LogP contribution in [0.4, 0.5) is 5.69 Å². The van der Waals surface area contributed by atoms with Gasteiger partial charge in [-0.05, 0) is 42.7 Å². The Morgan fingerprint density at radius 3 is 2.39 bits per heavy atom. The van der Waals surface area contributed by atoms with E-state index in [-0.39, 0.29) is 35.8 Å². The molecule has 7 nitrogen and oxygen atoms in total. The molecule has 0 saturated carbocycles. The Bertz CT molecular complexity index is 1220. The molecule has 2 aliphatic rings. The van der Waals surface area contributed by atoms with Gasteiger partial charge >= 0.3 is 0 Å². The van der Waals surface area contributed by atoms with Gasteiger partial charge in [0.05, 0.1) is 5.69 Å². The number of fused-ring (bicyclic) bond motifs is 4. The van der Waals surface area contributed by atoms with Crippen LogP contribution < -0.4 is 15.6 Å². The summed E-state index contributed by atoms with van der Waals surface area (Å²) in [7, 11) is 0. The van der Waals surface area contributed by atoms with Crippen LogP contribution in [0.3, 0.4) is 0 Å². The van der Waals surface area contributed by atoms with Crippen molar-refractivity contribution in [3.8, 4) is 5.75 Å². The summed E-state index contributed by atoms with van der Waals surface area (Å²) in [6, 6.07) is 21.4. The molecule has 168 valence electrons. The Balaban J connectivity index is 1.36. The number of pyridine rings is 1. The molecule has 2 aromatic carbocycles. The number of likely N-dealkylation sites (tertiary alicyclic amines) is 1. The molecule has 0 aliphatic carbocycles. The molecule has 3 aromatic rings. The van der Waals surface area contributed by atoms with Crippen LogP contribution in [0.25, 0.3) is 0 Å². The maximum absolute atomic E-state index is 12.9. The van der Waals surface area contributed by atoms with Gasteiger partial charge in [-0.15, -0.1) is 0 Å². The first-order valence-corrected chi connectivity index (χ1v) is 11.1. The number of nitrogens with one attached hydrogen (secondary N) is 1. The number of hydrogen-bond donors (Lipinski definition) is 1. The molecule has 2 aliphatic heterocycles. The lowest BCUT2D eigenvalue weighted by Gasteiger charge is -2.43. The van der Waals surface area contributed by atoms with Gasteiger partial charge in [0.15, 0.2) is 6.61 Å². The van der Waals surface area contributed by atoms with E-state index in [1.807, 2.05) is 53.4 Å². The molecule has 3 heterocycles. The largest absolute Gasteiger partial charge is 0.484 e. The van der Waals surface area contributed by atoms with E-state index in [0.29, 0.717) is 36.6 Å². The molecule has 0 radical (unpaired) electrons. The summed E-state index contributed by atoms with van der Waals surface area (Å²) < 4.78 is 7.42. The first-order chi connectivity index (χ1) is 16.1. The van der Waals surface area contributed by atoms with Gasteiger partial charge in [-0.25, -0.2) is 0 Å². The number of rotatable bonds is 5. The van der Waals surface area contributed by atoms with Crippen molar-refractivity contribution in [3.63, 3.8) is 0 Å². The molecule has 7 heteroatoms. The lowest BCUT2D eigenvalue weighted by molar-refractivity contribution is -0.136. The van der Waals surface area contributed by atoms with Gasteiger partial charge in [0.2, 0.25) is 0 Å². The molecule has 33 heavy (non-hydrogen) atoms. The van der Waals surface area contributed by atoms with Crippen LogP contribution in [-0.2, 0) is 11.3 Å². The number of aromatic nitrogens is 1. The lowest BCUT2D eigenvalue weighted by Crippen LogP contribution is -2.50. The van der Waals surface area contributed by atoms with Crippen molar-refractivity contribution in [1.29, 1.82) is 0 Å². The highest BCUT2D eigenvalue weighted by molar-refractivity contribution is 6.04. The SMILES string of the molecule is O=C(Nc1ccc(=O)n2c1[C@@H]1C[C@@H](CN(C(=O)COc3ccccc3)C1)C2)c1ccccc1. The number of amides is 2. The Labute approximate surface area is 191 Å². The smallest absolute Gasteiger partial charge is 0.260 e. The van der Waals surface area contributed by atoms with E-state index in [1.165, 1.54) is 6.07 Å². The second kappa shape index (κ2) is 8.94. The van der Waals surface area contributed by atoms with Crippen molar-refractivity contribution >= 4 is 17.5 Å². The number of hydrogen-bond acceptors (Lipinski definition) is 4. The quantitative estimate of drug-likeness (QED) is 0.657. The number of carbonyl (C=O) groups excluding carboxylic acids is 2. The van der Waals surface area contributed by atoms with Crippen molar-refractivity contribution in [2.24, 2.45) is 5.92 Å². The number of ether oxygens (including phenoxy) is 1. The van der Waals surface area contributed by atoms with E-state index >= 15 is 0 Å². The van der Waals surface area contributed by atoms with Crippen LogP contribution in [-0.4, -0.2) is 41.0 Å². The summed E-state index contributed by atoms with van der Waals surface area (Å²) in [6.45, 7) is 1.59. The van der Waals surface area contributed by atoms with Crippen molar-refractivity contribution in [2.75, 3.05) is 25.0 Å². The minimum absolute atomic E-state index is 0.0251. The Morgan fingerprint density at radius 2 is 1.64 bits per heavy atom. The van der Waals surface area contributed by atoms with Gasteiger partial charge in [-0.2, -0.15) is 0 Å². The first kappa shape index (κ1) is 21.0. The minimum Gasteiger partial charge on any atom is -0.484 e.